The Morgan fingerprint density at radius 3 is 2.06 bits per heavy atom. The zero-order valence-corrected chi connectivity index (χ0v) is 21.0. The van der Waals surface area contributed by atoms with E-state index in [2.05, 4.69) is 10.3 Å². The van der Waals surface area contributed by atoms with Crippen molar-refractivity contribution in [2.24, 2.45) is 0 Å². The lowest BCUT2D eigenvalue weighted by Crippen LogP contribution is -2.17. The Morgan fingerprint density at radius 2 is 1.44 bits per heavy atom. The van der Waals surface area contributed by atoms with Crippen LogP contribution in [-0.4, -0.2) is 21.4 Å². The molecule has 0 unspecified atom stereocenters. The number of nitrogens with one attached hydrogen (secondary N) is 1. The van der Waals surface area contributed by atoms with Gasteiger partial charge in [-0.05, 0) is 49.9 Å². The van der Waals surface area contributed by atoms with Crippen LogP contribution in [0.3, 0.4) is 0 Å². The number of nitrogens with zero attached hydrogens (tertiary/aromatic N) is 1. The number of pyridine rings is 1. The Morgan fingerprint density at radius 1 is 0.853 bits per heavy atom. The van der Waals surface area contributed by atoms with Crippen molar-refractivity contribution >= 4 is 46.0 Å². The maximum absolute atomic E-state index is 14.8. The van der Waals surface area contributed by atoms with Gasteiger partial charge in [-0.3, -0.25) is 9.78 Å². The van der Waals surface area contributed by atoms with E-state index in [-0.39, 0.29) is 11.7 Å². The van der Waals surface area contributed by atoms with Crippen molar-refractivity contribution in [2.75, 3.05) is 5.32 Å². The Labute approximate surface area is 209 Å². The number of thioether (sulfide) groups is 2. The summed E-state index contributed by atoms with van der Waals surface area (Å²) in [5, 5.41) is 4.98. The van der Waals surface area contributed by atoms with E-state index in [1.54, 1.807) is 41.9 Å². The van der Waals surface area contributed by atoms with Crippen LogP contribution in [0.5, 0.6) is 0 Å². The number of para-hydroxylation sites is 1. The lowest BCUT2D eigenvalue weighted by Gasteiger charge is -2.25. The van der Waals surface area contributed by atoms with Crippen LogP contribution in [-0.2, 0) is 0 Å². The summed E-state index contributed by atoms with van der Waals surface area (Å²) in [6, 6.07) is 12.8. The summed E-state index contributed by atoms with van der Waals surface area (Å²) in [6.07, 6.45) is 13.6. The fourth-order valence-corrected chi connectivity index (χ4v) is 8.01. The van der Waals surface area contributed by atoms with Gasteiger partial charge in [0, 0.05) is 31.9 Å². The lowest BCUT2D eigenvalue weighted by molar-refractivity contribution is 0.102. The second kappa shape index (κ2) is 11.1. The summed E-state index contributed by atoms with van der Waals surface area (Å²) in [6.45, 7) is 0. The third-order valence-corrected chi connectivity index (χ3v) is 9.59. The molecule has 0 radical (unpaired) electrons. The van der Waals surface area contributed by atoms with Gasteiger partial charge >= 0.3 is 0 Å². The van der Waals surface area contributed by atoms with Crippen LogP contribution in [0.25, 0.3) is 10.9 Å². The molecule has 5 rings (SSSR count). The molecule has 1 heterocycles. The normalized spacial score (nSPS) is 17.7. The number of hydrogen-bond donors (Lipinski definition) is 1. The van der Waals surface area contributed by atoms with E-state index in [0.29, 0.717) is 21.8 Å². The second-order valence-corrected chi connectivity index (χ2v) is 12.1. The highest BCUT2D eigenvalue weighted by molar-refractivity contribution is 8.00. The lowest BCUT2D eigenvalue weighted by atomic mass is 10.0. The third-order valence-electron chi connectivity index (χ3n) is 6.83. The van der Waals surface area contributed by atoms with E-state index in [0.717, 1.165) is 46.4 Å². The number of carbonyl (C=O) groups excluding carboxylic acids is 1. The molecule has 2 aromatic carbocycles. The highest BCUT2D eigenvalue weighted by Crippen LogP contribution is 2.42. The first kappa shape index (κ1) is 23.7. The Bertz CT molecular complexity index is 1110. The number of hydrogen-bond acceptors (Lipinski definition) is 4. The molecule has 0 saturated heterocycles. The molecule has 3 aromatic rings. The minimum atomic E-state index is -0.250. The summed E-state index contributed by atoms with van der Waals surface area (Å²) < 4.78 is 14.8. The fraction of sp³-hybridized carbons (Fsp3) is 0.429. The van der Waals surface area contributed by atoms with E-state index in [1.165, 1.54) is 38.5 Å². The maximum Gasteiger partial charge on any atom is 0.258 e. The van der Waals surface area contributed by atoms with Gasteiger partial charge in [-0.1, -0.05) is 56.7 Å². The van der Waals surface area contributed by atoms with Gasteiger partial charge in [0.1, 0.15) is 5.82 Å². The maximum atomic E-state index is 14.8. The number of carbonyl (C=O) groups is 1. The van der Waals surface area contributed by atoms with Crippen LogP contribution in [0, 0.1) is 5.82 Å². The van der Waals surface area contributed by atoms with Crippen molar-refractivity contribution in [1.29, 1.82) is 0 Å². The quantitative estimate of drug-likeness (QED) is 0.373. The Kier molecular flexibility index (Phi) is 7.75. The average Bonchev–Trinajstić information content (AvgIpc) is 2.85. The van der Waals surface area contributed by atoms with Gasteiger partial charge in [0.2, 0.25) is 0 Å². The number of aromatic nitrogens is 1. The van der Waals surface area contributed by atoms with Crippen molar-refractivity contribution in [3.63, 3.8) is 0 Å². The van der Waals surface area contributed by atoms with Crippen molar-refractivity contribution in [2.45, 2.75) is 84.5 Å². The number of fused-ring (bicyclic) bond motifs is 1. The molecule has 1 aromatic heterocycles. The van der Waals surface area contributed by atoms with Crippen LogP contribution in [0.1, 0.15) is 74.6 Å². The largest absolute Gasteiger partial charge is 0.320 e. The van der Waals surface area contributed by atoms with E-state index < -0.39 is 0 Å². The number of halogens is 1. The molecule has 0 atom stereocenters. The number of amides is 1. The molecule has 1 N–H and O–H groups in total. The molecule has 2 aliphatic rings. The molecular formula is C28H31FN2OS2. The topological polar surface area (TPSA) is 42.0 Å². The molecule has 0 aliphatic heterocycles. The number of anilines is 1. The average molecular weight is 495 g/mol. The minimum absolute atomic E-state index is 0.172. The van der Waals surface area contributed by atoms with Gasteiger partial charge in [-0.15, -0.1) is 23.5 Å². The smallest absolute Gasteiger partial charge is 0.258 e. The van der Waals surface area contributed by atoms with Crippen LogP contribution in [0.4, 0.5) is 10.1 Å². The van der Waals surface area contributed by atoms with Gasteiger partial charge < -0.3 is 5.32 Å². The Balaban J connectivity index is 1.50. The zero-order chi connectivity index (χ0) is 23.3. The number of benzene rings is 2. The second-order valence-electron chi connectivity index (χ2n) is 9.37. The zero-order valence-electron chi connectivity index (χ0n) is 19.4. The van der Waals surface area contributed by atoms with Gasteiger partial charge in [-0.25, -0.2) is 4.39 Å². The minimum Gasteiger partial charge on any atom is -0.320 e. The molecule has 2 fully saturated rings. The SMILES string of the molecule is O=C(Nc1cccc2cccnc12)c1c(SC2CCCCC2)cc(F)cc1SC1CCCCC1. The highest BCUT2D eigenvalue weighted by atomic mass is 32.2. The molecule has 0 bridgehead atoms. The molecule has 34 heavy (non-hydrogen) atoms. The van der Waals surface area contributed by atoms with E-state index >= 15 is 0 Å². The van der Waals surface area contributed by atoms with E-state index in [1.807, 2.05) is 30.3 Å². The first-order chi connectivity index (χ1) is 16.7. The predicted molar refractivity (Wildman–Crippen MR) is 142 cm³/mol. The predicted octanol–water partition coefficient (Wildman–Crippen LogP) is 8.48. The molecule has 6 heteroatoms. The summed E-state index contributed by atoms with van der Waals surface area (Å²) >= 11 is 3.39. The number of rotatable bonds is 6. The van der Waals surface area contributed by atoms with E-state index in [9.17, 15) is 9.18 Å². The monoisotopic (exact) mass is 494 g/mol. The molecule has 1 amide bonds. The van der Waals surface area contributed by atoms with Crippen LogP contribution in [0.15, 0.2) is 58.5 Å². The van der Waals surface area contributed by atoms with Gasteiger partial charge in [0.25, 0.3) is 5.91 Å². The summed E-state index contributed by atoms with van der Waals surface area (Å²) in [5.41, 5.74) is 2.08. The van der Waals surface area contributed by atoms with Crippen molar-refractivity contribution < 1.29 is 9.18 Å². The highest BCUT2D eigenvalue weighted by Gasteiger charge is 2.26. The molecule has 0 spiro atoms. The molecule has 178 valence electrons. The first-order valence-corrected chi connectivity index (χ1v) is 14.3. The van der Waals surface area contributed by atoms with E-state index in [4.69, 9.17) is 0 Å². The fourth-order valence-electron chi connectivity index (χ4n) is 5.08. The standard InChI is InChI=1S/C28H31FN2OS2/c29-20-17-24(33-21-11-3-1-4-12-21)26(25(18-20)34-22-13-5-2-6-14-22)28(32)31-23-15-7-9-19-10-8-16-30-27(19)23/h7-10,15-18,21-22H,1-6,11-14H2,(H,31,32). The summed E-state index contributed by atoms with van der Waals surface area (Å²) in [7, 11) is 0. The van der Waals surface area contributed by atoms with Crippen molar-refractivity contribution in [3.8, 4) is 0 Å². The summed E-state index contributed by atoms with van der Waals surface area (Å²) in [5.74, 6) is -0.422. The third kappa shape index (κ3) is 5.60. The van der Waals surface area contributed by atoms with Gasteiger partial charge in [0.15, 0.2) is 0 Å². The summed E-state index contributed by atoms with van der Waals surface area (Å²) in [4.78, 5) is 19.8. The first-order valence-electron chi connectivity index (χ1n) is 12.5. The van der Waals surface area contributed by atoms with Crippen LogP contribution >= 0.6 is 23.5 Å². The molecular weight excluding hydrogens is 463 g/mol. The Hall–Kier alpha value is -2.05. The van der Waals surface area contributed by atoms with Gasteiger partial charge in [0.05, 0.1) is 16.8 Å². The van der Waals surface area contributed by atoms with Crippen LogP contribution < -0.4 is 5.32 Å². The van der Waals surface area contributed by atoms with Crippen LogP contribution in [0.2, 0.25) is 0 Å². The van der Waals surface area contributed by atoms with Gasteiger partial charge in [-0.2, -0.15) is 0 Å². The van der Waals surface area contributed by atoms with Crippen molar-refractivity contribution in [1.82, 2.24) is 4.98 Å². The molecule has 2 saturated carbocycles. The van der Waals surface area contributed by atoms with Crippen molar-refractivity contribution in [3.05, 3.63) is 60.0 Å². The molecule has 3 nitrogen and oxygen atoms in total. The molecule has 2 aliphatic carbocycles.